The molecule has 2 nitrogen and oxygen atoms in total. The van der Waals surface area contributed by atoms with Gasteiger partial charge in [0.1, 0.15) is 0 Å². The van der Waals surface area contributed by atoms with Crippen molar-refractivity contribution in [3.63, 3.8) is 0 Å². The van der Waals surface area contributed by atoms with Gasteiger partial charge in [-0.05, 0) is 50.2 Å². The lowest BCUT2D eigenvalue weighted by Gasteiger charge is -2.10. The van der Waals surface area contributed by atoms with Crippen molar-refractivity contribution < 1.29 is 13.9 Å². The summed E-state index contributed by atoms with van der Waals surface area (Å²) in [6.45, 7) is 3.38. The van der Waals surface area contributed by atoms with Crippen LogP contribution in [-0.4, -0.2) is 5.97 Å². The Hall–Kier alpha value is -2.85. The van der Waals surface area contributed by atoms with E-state index in [0.717, 1.165) is 14.7 Å². The lowest BCUT2D eigenvalue weighted by Crippen LogP contribution is -2.11. The van der Waals surface area contributed by atoms with Gasteiger partial charge in [0.25, 0.3) is 0 Å². The van der Waals surface area contributed by atoms with Crippen molar-refractivity contribution in [1.29, 1.82) is 0 Å². The third-order valence-electron chi connectivity index (χ3n) is 4.05. The van der Waals surface area contributed by atoms with Gasteiger partial charge in [0.2, 0.25) is 0 Å². The number of allylic oxidation sites excluding steroid dienone is 1. The number of halogens is 1. The Morgan fingerprint density at radius 2 is 1.44 bits per heavy atom. The monoisotopic (exact) mass is 379 g/mol. The molecule has 0 bridgehead atoms. The fourth-order valence-electron chi connectivity index (χ4n) is 2.51. The van der Waals surface area contributed by atoms with Crippen molar-refractivity contribution >= 4 is 16.9 Å². The van der Waals surface area contributed by atoms with Crippen LogP contribution in [0.4, 0.5) is 4.39 Å². The molecule has 0 spiro atoms. The largest absolute Gasteiger partial charge is 0.420 e. The normalized spacial score (nSPS) is 11.5. The van der Waals surface area contributed by atoms with Crippen LogP contribution in [0.2, 0.25) is 0 Å². The first-order valence-electron chi connectivity index (χ1n) is 8.59. The summed E-state index contributed by atoms with van der Waals surface area (Å²) in [6.07, 6.45) is 1.64. The van der Waals surface area contributed by atoms with Crippen molar-refractivity contribution in [1.82, 2.24) is 0 Å². The molecule has 0 aliphatic carbocycles. The topological polar surface area (TPSA) is 26.3 Å². The molecule has 136 valence electrons. The van der Waals surface area contributed by atoms with Crippen LogP contribution in [0.15, 0.2) is 105 Å². The molecule has 3 aromatic rings. The van der Waals surface area contributed by atoms with Crippen molar-refractivity contribution in [3.05, 3.63) is 96.3 Å². The highest BCUT2D eigenvalue weighted by atomic mass is 32.2. The van der Waals surface area contributed by atoms with Gasteiger partial charge in [0, 0.05) is 11.6 Å². The molecule has 0 radical (unpaired) electrons. The van der Waals surface area contributed by atoms with Crippen molar-refractivity contribution in [3.8, 4) is 5.75 Å². The van der Waals surface area contributed by atoms with E-state index in [4.69, 9.17) is 4.74 Å². The van der Waals surface area contributed by atoms with E-state index in [0.29, 0.717) is 5.57 Å². The summed E-state index contributed by atoms with van der Waals surface area (Å²) in [6, 6.07) is 24.8. The fourth-order valence-corrected chi connectivity index (χ4v) is 4.61. The molecule has 3 aromatic carbocycles. The second-order valence-corrected chi connectivity index (χ2v) is 7.91. The van der Waals surface area contributed by atoms with Crippen LogP contribution in [0.25, 0.3) is 0 Å². The number of ether oxygens (including phenoxy) is 1. The summed E-state index contributed by atoms with van der Waals surface area (Å²) in [5.74, 6) is -1.16. The summed E-state index contributed by atoms with van der Waals surface area (Å²) < 4.78 is 19.6. The summed E-state index contributed by atoms with van der Waals surface area (Å²) >= 11 is 0. The average Bonchev–Trinajstić information content (AvgIpc) is 2.71. The smallest absolute Gasteiger partial charge is 0.338 e. The van der Waals surface area contributed by atoms with Crippen LogP contribution in [-0.2, 0) is 15.7 Å². The van der Waals surface area contributed by atoms with E-state index in [-0.39, 0.29) is 5.75 Å². The molecule has 0 fully saturated rings. The third-order valence-corrected chi connectivity index (χ3v) is 6.27. The minimum atomic E-state index is -0.555. The van der Waals surface area contributed by atoms with Gasteiger partial charge >= 0.3 is 5.97 Å². The molecule has 0 aliphatic rings. The molecule has 0 N–H and O–H groups in total. The predicted octanol–water partition coefficient (Wildman–Crippen LogP) is 5.79. The zero-order valence-electron chi connectivity index (χ0n) is 15.2. The maximum absolute atomic E-state index is 14.3. The van der Waals surface area contributed by atoms with Crippen molar-refractivity contribution in [2.45, 2.75) is 28.5 Å². The van der Waals surface area contributed by atoms with Gasteiger partial charge in [-0.15, -0.1) is 0 Å². The molecule has 0 heterocycles. The zero-order chi connectivity index (χ0) is 19.2. The van der Waals surface area contributed by atoms with Gasteiger partial charge in [0.05, 0.1) is 10.9 Å². The summed E-state index contributed by atoms with van der Waals surface area (Å²) in [7, 11) is -0.433. The zero-order valence-corrected chi connectivity index (χ0v) is 16.0. The van der Waals surface area contributed by atoms with Gasteiger partial charge in [-0.3, -0.25) is 0 Å². The van der Waals surface area contributed by atoms with E-state index < -0.39 is 22.7 Å². The number of benzene rings is 3. The lowest BCUT2D eigenvalue weighted by molar-refractivity contribution is -0.130. The lowest BCUT2D eigenvalue weighted by atomic mass is 10.3. The van der Waals surface area contributed by atoms with Crippen LogP contribution in [0.1, 0.15) is 13.8 Å². The van der Waals surface area contributed by atoms with Gasteiger partial charge in [-0.25, -0.2) is 9.18 Å². The second-order valence-electron chi connectivity index (χ2n) is 5.89. The molecule has 3 rings (SSSR count). The first-order chi connectivity index (χ1) is 13.1. The highest BCUT2D eigenvalue weighted by molar-refractivity contribution is 7.97. The number of rotatable bonds is 5. The van der Waals surface area contributed by atoms with Crippen molar-refractivity contribution in [2.75, 3.05) is 0 Å². The van der Waals surface area contributed by atoms with Crippen LogP contribution in [0.3, 0.4) is 0 Å². The molecule has 0 aromatic heterocycles. The van der Waals surface area contributed by atoms with Crippen LogP contribution in [0, 0.1) is 5.82 Å². The minimum absolute atomic E-state index is 0.0527. The Kier molecular flexibility index (Phi) is 6.09. The fraction of sp³-hybridized carbons (Fsp3) is 0.0870. The maximum Gasteiger partial charge on any atom is 0.338 e. The van der Waals surface area contributed by atoms with Gasteiger partial charge in [0.15, 0.2) is 26.3 Å². The predicted molar refractivity (Wildman–Crippen MR) is 107 cm³/mol. The van der Waals surface area contributed by atoms with Crippen LogP contribution >= 0.6 is 0 Å². The molecule has 0 atom stereocenters. The first kappa shape index (κ1) is 18.9. The Morgan fingerprint density at radius 1 is 0.889 bits per heavy atom. The number of hydrogen-bond donors (Lipinski definition) is 0. The molecule has 0 amide bonds. The van der Waals surface area contributed by atoms with E-state index in [1.807, 2.05) is 36.4 Å². The second kappa shape index (κ2) is 8.69. The van der Waals surface area contributed by atoms with Crippen LogP contribution < -0.4 is 4.74 Å². The molecule has 0 aliphatic heterocycles. The Bertz CT molecular complexity index is 913. The SMILES string of the molecule is C/C=C(\C)C(=O)Oc1cc([S+](c2ccccc2)c2ccccc2)ccc1F. The quantitative estimate of drug-likeness (QED) is 0.243. The van der Waals surface area contributed by atoms with E-state index >= 15 is 0 Å². The van der Waals surface area contributed by atoms with Gasteiger partial charge in [-0.1, -0.05) is 42.5 Å². The number of hydrogen-bond acceptors (Lipinski definition) is 2. The third kappa shape index (κ3) is 4.47. The Balaban J connectivity index is 2.05. The van der Waals surface area contributed by atoms with E-state index in [1.54, 1.807) is 32.1 Å². The molecule has 0 saturated carbocycles. The minimum Gasteiger partial charge on any atom is -0.420 e. The van der Waals surface area contributed by atoms with E-state index in [2.05, 4.69) is 24.3 Å². The Labute approximate surface area is 161 Å². The summed E-state index contributed by atoms with van der Waals surface area (Å²) in [5, 5.41) is 0. The highest BCUT2D eigenvalue weighted by Crippen LogP contribution is 2.33. The average molecular weight is 379 g/mol. The number of esters is 1. The van der Waals surface area contributed by atoms with Gasteiger partial charge < -0.3 is 4.74 Å². The molecular formula is C23H20FO2S+. The molecule has 27 heavy (non-hydrogen) atoms. The molecular weight excluding hydrogens is 359 g/mol. The standard InChI is InChI=1S/C23H20FO2S/c1-3-17(2)23(25)26-22-16-20(14-15-21(22)24)27(18-10-6-4-7-11-18)19-12-8-5-9-13-19/h3-16H,1-2H3/q+1/b17-3+. The first-order valence-corrected chi connectivity index (χ1v) is 9.81. The van der Waals surface area contributed by atoms with Crippen molar-refractivity contribution in [2.24, 2.45) is 0 Å². The van der Waals surface area contributed by atoms with Crippen LogP contribution in [0.5, 0.6) is 5.75 Å². The maximum atomic E-state index is 14.3. The Morgan fingerprint density at radius 3 is 1.96 bits per heavy atom. The molecule has 0 saturated heterocycles. The summed E-state index contributed by atoms with van der Waals surface area (Å²) in [5.41, 5.74) is 0.435. The molecule has 4 heteroatoms. The summed E-state index contributed by atoms with van der Waals surface area (Å²) in [4.78, 5) is 15.2. The molecule has 0 unspecified atom stereocenters. The number of carbonyl (C=O) groups is 1. The van der Waals surface area contributed by atoms with E-state index in [1.165, 1.54) is 6.07 Å². The highest BCUT2D eigenvalue weighted by Gasteiger charge is 2.29. The van der Waals surface area contributed by atoms with Gasteiger partial charge in [-0.2, -0.15) is 0 Å². The number of carbonyl (C=O) groups excluding carboxylic acids is 1. The van der Waals surface area contributed by atoms with E-state index in [9.17, 15) is 9.18 Å².